The van der Waals surface area contributed by atoms with Crippen molar-refractivity contribution in [3.8, 4) is 0 Å². The van der Waals surface area contributed by atoms with Crippen LogP contribution < -0.4 is 4.90 Å². The molecule has 1 unspecified atom stereocenters. The normalized spacial score (nSPS) is 20.1. The molecular formula is C23H22FNO2. The minimum Gasteiger partial charge on any atom is -0.294 e. The molecular weight excluding hydrogens is 341 g/mol. The number of ketones is 1. The van der Waals surface area contributed by atoms with Crippen LogP contribution in [-0.2, 0) is 16.0 Å². The molecule has 138 valence electrons. The number of halogens is 1. The Morgan fingerprint density at radius 1 is 1.00 bits per heavy atom. The summed E-state index contributed by atoms with van der Waals surface area (Å²) >= 11 is 0. The molecule has 4 heteroatoms. The number of amides is 1. The van der Waals surface area contributed by atoms with Crippen molar-refractivity contribution in [1.29, 1.82) is 0 Å². The van der Waals surface area contributed by atoms with E-state index in [0.29, 0.717) is 12.8 Å². The first-order chi connectivity index (χ1) is 13.1. The van der Waals surface area contributed by atoms with Gasteiger partial charge in [0.2, 0.25) is 5.91 Å². The van der Waals surface area contributed by atoms with Gasteiger partial charge in [-0.2, -0.15) is 0 Å². The number of allylic oxidation sites excluding steroid dienone is 2. The topological polar surface area (TPSA) is 37.4 Å². The number of carbonyl (C=O) groups is 2. The van der Waals surface area contributed by atoms with E-state index in [1.807, 2.05) is 24.3 Å². The monoisotopic (exact) mass is 363 g/mol. The van der Waals surface area contributed by atoms with Crippen molar-refractivity contribution in [3.05, 3.63) is 76.7 Å². The van der Waals surface area contributed by atoms with Crippen LogP contribution in [0.4, 0.5) is 10.1 Å². The van der Waals surface area contributed by atoms with Gasteiger partial charge in [-0.05, 0) is 54.7 Å². The first-order valence-corrected chi connectivity index (χ1v) is 9.52. The highest BCUT2D eigenvalue weighted by Crippen LogP contribution is 2.43. The fourth-order valence-electron chi connectivity index (χ4n) is 4.15. The highest BCUT2D eigenvalue weighted by atomic mass is 19.1. The summed E-state index contributed by atoms with van der Waals surface area (Å²) in [4.78, 5) is 27.6. The summed E-state index contributed by atoms with van der Waals surface area (Å²) in [7, 11) is 0. The van der Waals surface area contributed by atoms with E-state index in [9.17, 15) is 14.0 Å². The van der Waals surface area contributed by atoms with E-state index in [4.69, 9.17) is 0 Å². The van der Waals surface area contributed by atoms with Crippen LogP contribution in [0, 0.1) is 5.82 Å². The van der Waals surface area contributed by atoms with Crippen LogP contribution in [0.3, 0.4) is 0 Å². The Kier molecular flexibility index (Phi) is 4.65. The van der Waals surface area contributed by atoms with Crippen molar-refractivity contribution < 1.29 is 14.0 Å². The Morgan fingerprint density at radius 2 is 1.70 bits per heavy atom. The van der Waals surface area contributed by atoms with Gasteiger partial charge in [0, 0.05) is 35.7 Å². The van der Waals surface area contributed by atoms with Crippen LogP contribution in [0.25, 0.3) is 0 Å². The first-order valence-electron chi connectivity index (χ1n) is 9.52. The van der Waals surface area contributed by atoms with Gasteiger partial charge in [-0.15, -0.1) is 0 Å². The molecule has 3 nitrogen and oxygen atoms in total. The van der Waals surface area contributed by atoms with Gasteiger partial charge in [-0.25, -0.2) is 4.39 Å². The molecule has 1 amide bonds. The Balaban J connectivity index is 1.81. The SMILES string of the molecule is CCc1ccc(N2C(=O)CC(c3ccc(F)cc3)C3=C2CCCC3=O)cc1. The van der Waals surface area contributed by atoms with E-state index in [-0.39, 0.29) is 29.8 Å². The molecule has 0 aromatic heterocycles. The number of carbonyl (C=O) groups excluding carboxylic acids is 2. The van der Waals surface area contributed by atoms with Crippen molar-refractivity contribution in [1.82, 2.24) is 0 Å². The van der Waals surface area contributed by atoms with Gasteiger partial charge in [0.05, 0.1) is 0 Å². The van der Waals surface area contributed by atoms with E-state index < -0.39 is 0 Å². The second-order valence-corrected chi connectivity index (χ2v) is 7.19. The van der Waals surface area contributed by atoms with Gasteiger partial charge >= 0.3 is 0 Å². The molecule has 1 aliphatic heterocycles. The molecule has 2 aromatic rings. The van der Waals surface area contributed by atoms with E-state index in [1.54, 1.807) is 17.0 Å². The molecule has 1 heterocycles. The summed E-state index contributed by atoms with van der Waals surface area (Å²) in [5, 5.41) is 0. The number of benzene rings is 2. The third kappa shape index (κ3) is 3.20. The average molecular weight is 363 g/mol. The third-order valence-electron chi connectivity index (χ3n) is 5.55. The largest absolute Gasteiger partial charge is 0.294 e. The highest BCUT2D eigenvalue weighted by Gasteiger charge is 2.39. The fraction of sp³-hybridized carbons (Fsp3) is 0.304. The zero-order valence-corrected chi connectivity index (χ0v) is 15.4. The summed E-state index contributed by atoms with van der Waals surface area (Å²) in [6, 6.07) is 14.1. The van der Waals surface area contributed by atoms with Gasteiger partial charge in [0.25, 0.3) is 0 Å². The molecule has 27 heavy (non-hydrogen) atoms. The molecule has 0 fully saturated rings. The first kappa shape index (κ1) is 17.7. The predicted octanol–water partition coefficient (Wildman–Crippen LogP) is 4.92. The maximum absolute atomic E-state index is 13.3. The summed E-state index contributed by atoms with van der Waals surface area (Å²) in [5.41, 5.74) is 4.40. The Labute approximate surface area is 158 Å². The minimum atomic E-state index is -0.317. The number of hydrogen-bond donors (Lipinski definition) is 0. The fourth-order valence-corrected chi connectivity index (χ4v) is 4.15. The molecule has 1 atom stereocenters. The molecule has 2 aromatic carbocycles. The van der Waals surface area contributed by atoms with Gasteiger partial charge in [-0.1, -0.05) is 31.2 Å². The Morgan fingerprint density at radius 3 is 2.37 bits per heavy atom. The molecule has 0 bridgehead atoms. The van der Waals surface area contributed by atoms with Gasteiger partial charge < -0.3 is 0 Å². The lowest BCUT2D eigenvalue weighted by molar-refractivity contribution is -0.119. The number of hydrogen-bond acceptors (Lipinski definition) is 2. The predicted molar refractivity (Wildman–Crippen MR) is 103 cm³/mol. The second kappa shape index (κ2) is 7.10. The summed E-state index contributed by atoms with van der Waals surface area (Å²) in [5.74, 6) is -0.509. The number of nitrogens with zero attached hydrogens (tertiary/aromatic N) is 1. The van der Waals surface area contributed by atoms with E-state index in [2.05, 4.69) is 6.92 Å². The third-order valence-corrected chi connectivity index (χ3v) is 5.55. The van der Waals surface area contributed by atoms with Crippen molar-refractivity contribution in [2.45, 2.75) is 44.9 Å². The van der Waals surface area contributed by atoms with Gasteiger partial charge in [0.1, 0.15) is 5.82 Å². The Hall–Kier alpha value is -2.75. The molecule has 4 rings (SSSR count). The Bertz CT molecular complexity index is 912. The molecule has 0 radical (unpaired) electrons. The second-order valence-electron chi connectivity index (χ2n) is 7.19. The van der Waals surface area contributed by atoms with Crippen LogP contribution >= 0.6 is 0 Å². The van der Waals surface area contributed by atoms with E-state index >= 15 is 0 Å². The summed E-state index contributed by atoms with van der Waals surface area (Å²) in [6.07, 6.45) is 3.14. The van der Waals surface area contributed by atoms with Crippen LogP contribution in [0.2, 0.25) is 0 Å². The van der Waals surface area contributed by atoms with Gasteiger partial charge in [0.15, 0.2) is 5.78 Å². The average Bonchev–Trinajstić information content (AvgIpc) is 2.68. The highest BCUT2D eigenvalue weighted by molar-refractivity contribution is 6.07. The molecule has 0 N–H and O–H groups in total. The van der Waals surface area contributed by atoms with Crippen molar-refractivity contribution >= 4 is 17.4 Å². The van der Waals surface area contributed by atoms with Crippen LogP contribution in [-0.4, -0.2) is 11.7 Å². The maximum atomic E-state index is 13.3. The number of Topliss-reactive ketones (excluding diaryl/α,β-unsaturated/α-hetero) is 1. The van der Waals surface area contributed by atoms with E-state index in [0.717, 1.165) is 35.4 Å². The van der Waals surface area contributed by atoms with Crippen molar-refractivity contribution in [2.75, 3.05) is 4.90 Å². The van der Waals surface area contributed by atoms with Crippen molar-refractivity contribution in [2.24, 2.45) is 0 Å². The number of anilines is 1. The van der Waals surface area contributed by atoms with E-state index in [1.165, 1.54) is 17.7 Å². The van der Waals surface area contributed by atoms with Crippen LogP contribution in [0.5, 0.6) is 0 Å². The number of rotatable bonds is 3. The molecule has 0 saturated heterocycles. The molecule has 1 aliphatic carbocycles. The van der Waals surface area contributed by atoms with Crippen LogP contribution in [0.1, 0.15) is 49.7 Å². The lowest BCUT2D eigenvalue weighted by Gasteiger charge is -2.38. The zero-order valence-electron chi connectivity index (χ0n) is 15.4. The molecule has 0 spiro atoms. The van der Waals surface area contributed by atoms with Crippen LogP contribution in [0.15, 0.2) is 59.8 Å². The lowest BCUT2D eigenvalue weighted by Crippen LogP contribution is -2.40. The smallest absolute Gasteiger partial charge is 0.232 e. The molecule has 0 saturated carbocycles. The lowest BCUT2D eigenvalue weighted by atomic mass is 9.77. The summed E-state index contributed by atoms with van der Waals surface area (Å²) < 4.78 is 13.3. The quantitative estimate of drug-likeness (QED) is 0.776. The minimum absolute atomic E-state index is 0.0120. The molecule has 2 aliphatic rings. The van der Waals surface area contributed by atoms with Gasteiger partial charge in [-0.3, -0.25) is 14.5 Å². The maximum Gasteiger partial charge on any atom is 0.232 e. The van der Waals surface area contributed by atoms with Crippen molar-refractivity contribution in [3.63, 3.8) is 0 Å². The summed E-state index contributed by atoms with van der Waals surface area (Å²) in [6.45, 7) is 2.09. The number of aryl methyl sites for hydroxylation is 1. The standard InChI is InChI=1S/C23H22FNO2/c1-2-15-6-12-18(13-7-15)25-20-4-3-5-21(26)23(20)19(14-22(25)27)16-8-10-17(24)11-9-16/h6-13,19H,2-5,14H2,1H3. The zero-order chi connectivity index (χ0) is 19.0.